The Morgan fingerprint density at radius 1 is 0.913 bits per heavy atom. The average molecular weight is 309 g/mol. The highest BCUT2D eigenvalue weighted by Gasteiger charge is 2.21. The molecular weight excluding hydrogens is 286 g/mol. The van der Waals surface area contributed by atoms with E-state index in [1.54, 1.807) is 0 Å². The first-order chi connectivity index (χ1) is 11.1. The zero-order valence-electron chi connectivity index (χ0n) is 13.4. The summed E-state index contributed by atoms with van der Waals surface area (Å²) >= 11 is 0. The fourth-order valence-electron chi connectivity index (χ4n) is 2.72. The molecule has 3 nitrogen and oxygen atoms in total. The van der Waals surface area contributed by atoms with Crippen LogP contribution in [0.25, 0.3) is 0 Å². The maximum Gasteiger partial charge on any atom is 0.217 e. The summed E-state index contributed by atoms with van der Waals surface area (Å²) in [4.78, 5) is 23.5. The van der Waals surface area contributed by atoms with Crippen LogP contribution in [-0.2, 0) is 9.59 Å². The van der Waals surface area contributed by atoms with Crippen molar-refractivity contribution in [3.8, 4) is 0 Å². The number of hydrogen-bond acceptors (Lipinski definition) is 2. The zero-order valence-corrected chi connectivity index (χ0v) is 13.4. The lowest BCUT2D eigenvalue weighted by molar-refractivity contribution is -0.123. The standard InChI is InChI=1S/C20H23NO2/c1-15(12-13-20(21)23)19(22)14-18(16-8-4-2-5-9-16)17-10-6-3-7-11-17/h2-11,15,18H,12-14H2,1H3,(H2,21,23)/t15-/m0/s1. The summed E-state index contributed by atoms with van der Waals surface area (Å²) in [7, 11) is 0. The summed E-state index contributed by atoms with van der Waals surface area (Å²) in [6, 6.07) is 20.1. The minimum absolute atomic E-state index is 0.0425. The molecule has 2 aromatic rings. The summed E-state index contributed by atoms with van der Waals surface area (Å²) in [5.41, 5.74) is 7.44. The predicted molar refractivity (Wildman–Crippen MR) is 91.9 cm³/mol. The van der Waals surface area contributed by atoms with Crippen LogP contribution >= 0.6 is 0 Å². The number of ketones is 1. The number of benzene rings is 2. The van der Waals surface area contributed by atoms with Crippen molar-refractivity contribution in [1.29, 1.82) is 0 Å². The minimum atomic E-state index is -0.354. The minimum Gasteiger partial charge on any atom is -0.370 e. The third kappa shape index (κ3) is 5.06. The van der Waals surface area contributed by atoms with Gasteiger partial charge in [-0.2, -0.15) is 0 Å². The van der Waals surface area contributed by atoms with E-state index in [0.29, 0.717) is 12.8 Å². The molecule has 23 heavy (non-hydrogen) atoms. The third-order valence-corrected chi connectivity index (χ3v) is 4.18. The molecule has 0 radical (unpaired) electrons. The van der Waals surface area contributed by atoms with Gasteiger partial charge in [0, 0.05) is 24.7 Å². The highest BCUT2D eigenvalue weighted by molar-refractivity contribution is 5.83. The SMILES string of the molecule is C[C@@H](CCC(N)=O)C(=O)CC(c1ccccc1)c1ccccc1. The van der Waals surface area contributed by atoms with Crippen molar-refractivity contribution < 1.29 is 9.59 Å². The lowest BCUT2D eigenvalue weighted by Crippen LogP contribution is -2.18. The van der Waals surface area contributed by atoms with E-state index in [0.717, 1.165) is 11.1 Å². The van der Waals surface area contributed by atoms with E-state index in [1.807, 2.05) is 43.3 Å². The Hall–Kier alpha value is -2.42. The van der Waals surface area contributed by atoms with E-state index >= 15 is 0 Å². The second kappa shape index (κ2) is 8.28. The van der Waals surface area contributed by atoms with Gasteiger partial charge >= 0.3 is 0 Å². The van der Waals surface area contributed by atoms with Gasteiger partial charge in [-0.15, -0.1) is 0 Å². The van der Waals surface area contributed by atoms with Gasteiger partial charge in [0.15, 0.2) is 0 Å². The molecule has 0 fully saturated rings. The summed E-state index contributed by atoms with van der Waals surface area (Å²) in [5, 5.41) is 0. The van der Waals surface area contributed by atoms with Crippen LogP contribution in [0, 0.1) is 5.92 Å². The molecule has 0 spiro atoms. The third-order valence-electron chi connectivity index (χ3n) is 4.18. The number of nitrogens with two attached hydrogens (primary N) is 1. The van der Waals surface area contributed by atoms with Gasteiger partial charge in [-0.05, 0) is 17.5 Å². The molecule has 0 saturated carbocycles. The molecule has 0 unspecified atom stereocenters. The van der Waals surface area contributed by atoms with Crippen molar-refractivity contribution in [3.05, 3.63) is 71.8 Å². The van der Waals surface area contributed by atoms with Gasteiger partial charge in [-0.3, -0.25) is 9.59 Å². The molecule has 120 valence electrons. The number of carbonyl (C=O) groups is 2. The van der Waals surface area contributed by atoms with Crippen molar-refractivity contribution in [2.24, 2.45) is 11.7 Å². The second-order valence-corrected chi connectivity index (χ2v) is 5.95. The van der Waals surface area contributed by atoms with Gasteiger partial charge < -0.3 is 5.73 Å². The van der Waals surface area contributed by atoms with Gasteiger partial charge in [-0.1, -0.05) is 67.6 Å². The molecule has 2 aromatic carbocycles. The first-order valence-corrected chi connectivity index (χ1v) is 7.99. The highest BCUT2D eigenvalue weighted by atomic mass is 16.1. The molecule has 1 atom stereocenters. The zero-order chi connectivity index (χ0) is 16.7. The van der Waals surface area contributed by atoms with E-state index in [4.69, 9.17) is 5.73 Å². The molecule has 2 rings (SSSR count). The molecular formula is C20H23NO2. The van der Waals surface area contributed by atoms with Crippen LogP contribution in [0.5, 0.6) is 0 Å². The smallest absolute Gasteiger partial charge is 0.217 e. The van der Waals surface area contributed by atoms with Gasteiger partial charge in [0.2, 0.25) is 5.91 Å². The largest absolute Gasteiger partial charge is 0.370 e. The van der Waals surface area contributed by atoms with E-state index in [-0.39, 0.29) is 29.9 Å². The van der Waals surface area contributed by atoms with E-state index in [9.17, 15) is 9.59 Å². The maximum absolute atomic E-state index is 12.6. The van der Waals surface area contributed by atoms with Crippen molar-refractivity contribution in [2.45, 2.75) is 32.1 Å². The normalized spacial score (nSPS) is 12.1. The van der Waals surface area contributed by atoms with Crippen LogP contribution in [0.2, 0.25) is 0 Å². The van der Waals surface area contributed by atoms with Crippen molar-refractivity contribution in [3.63, 3.8) is 0 Å². The van der Waals surface area contributed by atoms with Crippen molar-refractivity contribution in [2.75, 3.05) is 0 Å². The Morgan fingerprint density at radius 2 is 1.39 bits per heavy atom. The van der Waals surface area contributed by atoms with Gasteiger partial charge in [0.25, 0.3) is 0 Å². The van der Waals surface area contributed by atoms with Crippen molar-refractivity contribution >= 4 is 11.7 Å². The van der Waals surface area contributed by atoms with Gasteiger partial charge in [0.1, 0.15) is 5.78 Å². The fourth-order valence-corrected chi connectivity index (χ4v) is 2.72. The number of carbonyl (C=O) groups excluding carboxylic acids is 2. The van der Waals surface area contributed by atoms with Crippen LogP contribution in [-0.4, -0.2) is 11.7 Å². The number of primary amides is 1. The lowest BCUT2D eigenvalue weighted by atomic mass is 9.84. The van der Waals surface area contributed by atoms with E-state index < -0.39 is 0 Å². The first-order valence-electron chi connectivity index (χ1n) is 7.99. The molecule has 0 aliphatic rings. The molecule has 0 aliphatic carbocycles. The second-order valence-electron chi connectivity index (χ2n) is 5.95. The van der Waals surface area contributed by atoms with Crippen LogP contribution < -0.4 is 5.73 Å². The van der Waals surface area contributed by atoms with Crippen LogP contribution in [0.1, 0.15) is 43.2 Å². The Kier molecular flexibility index (Phi) is 6.10. The van der Waals surface area contributed by atoms with Crippen molar-refractivity contribution in [1.82, 2.24) is 0 Å². The monoisotopic (exact) mass is 309 g/mol. The Bertz CT molecular complexity index is 598. The van der Waals surface area contributed by atoms with E-state index in [2.05, 4.69) is 24.3 Å². The molecule has 3 heteroatoms. The molecule has 0 heterocycles. The Morgan fingerprint density at radius 3 is 1.83 bits per heavy atom. The summed E-state index contributed by atoms with van der Waals surface area (Å²) in [6.45, 7) is 1.87. The number of Topliss-reactive ketones (excluding diaryl/α,β-unsaturated/α-hetero) is 1. The van der Waals surface area contributed by atoms with Crippen LogP contribution in [0.3, 0.4) is 0 Å². The molecule has 0 bridgehead atoms. The number of hydrogen-bond donors (Lipinski definition) is 1. The summed E-state index contributed by atoms with van der Waals surface area (Å²) in [6.07, 6.45) is 1.21. The Balaban J connectivity index is 2.15. The maximum atomic E-state index is 12.6. The molecule has 0 aliphatic heterocycles. The fraction of sp³-hybridized carbons (Fsp3) is 0.300. The molecule has 2 N–H and O–H groups in total. The van der Waals surface area contributed by atoms with Crippen LogP contribution in [0.15, 0.2) is 60.7 Å². The van der Waals surface area contributed by atoms with Crippen LogP contribution in [0.4, 0.5) is 0 Å². The number of rotatable bonds is 8. The molecule has 0 saturated heterocycles. The first kappa shape index (κ1) is 16.9. The lowest BCUT2D eigenvalue weighted by Gasteiger charge is -2.19. The topological polar surface area (TPSA) is 60.2 Å². The Labute approximate surface area is 137 Å². The predicted octanol–water partition coefficient (Wildman–Crippen LogP) is 3.68. The molecule has 1 amide bonds. The van der Waals surface area contributed by atoms with Gasteiger partial charge in [0.05, 0.1) is 0 Å². The quantitative estimate of drug-likeness (QED) is 0.808. The summed E-state index contributed by atoms with van der Waals surface area (Å²) in [5.74, 6) is -0.297. The number of amides is 1. The van der Waals surface area contributed by atoms with Gasteiger partial charge in [-0.25, -0.2) is 0 Å². The van der Waals surface area contributed by atoms with E-state index in [1.165, 1.54) is 0 Å². The average Bonchev–Trinajstić information content (AvgIpc) is 2.58. The highest BCUT2D eigenvalue weighted by Crippen LogP contribution is 2.29. The molecule has 0 aromatic heterocycles. The summed E-state index contributed by atoms with van der Waals surface area (Å²) < 4.78 is 0.